The van der Waals surface area contributed by atoms with Gasteiger partial charge >= 0.3 is 0 Å². The van der Waals surface area contributed by atoms with E-state index in [1.165, 1.54) is 5.56 Å². The Morgan fingerprint density at radius 3 is 2.89 bits per heavy atom. The minimum absolute atomic E-state index is 0.0361. The molecule has 0 radical (unpaired) electrons. The van der Waals surface area contributed by atoms with Crippen molar-refractivity contribution in [3.05, 3.63) is 59.4 Å². The zero-order valence-electron chi connectivity index (χ0n) is 15.8. The van der Waals surface area contributed by atoms with E-state index in [2.05, 4.69) is 11.1 Å². The van der Waals surface area contributed by atoms with Crippen LogP contribution in [0.2, 0.25) is 0 Å². The molecule has 0 unspecified atom stereocenters. The second-order valence-corrected chi connectivity index (χ2v) is 8.00. The van der Waals surface area contributed by atoms with E-state index in [1.807, 2.05) is 42.0 Å². The van der Waals surface area contributed by atoms with Gasteiger partial charge in [-0.3, -0.25) is 0 Å². The number of fused-ring (bicyclic) bond motifs is 2. The summed E-state index contributed by atoms with van der Waals surface area (Å²) in [5, 5.41) is 22.5. The van der Waals surface area contributed by atoms with Crippen molar-refractivity contribution in [1.29, 1.82) is 0 Å². The van der Waals surface area contributed by atoms with Crippen molar-refractivity contribution in [2.45, 2.75) is 56.6 Å². The van der Waals surface area contributed by atoms with Gasteiger partial charge in [0, 0.05) is 35.8 Å². The molecular formula is C22H25N3O3. The highest BCUT2D eigenvalue weighted by molar-refractivity contribution is 5.79. The van der Waals surface area contributed by atoms with Crippen molar-refractivity contribution in [3.8, 4) is 5.75 Å². The van der Waals surface area contributed by atoms with E-state index in [4.69, 9.17) is 10.5 Å². The molecule has 6 heteroatoms. The Morgan fingerprint density at radius 2 is 2.04 bits per heavy atom. The molecule has 1 saturated carbocycles. The Balaban J connectivity index is 1.45. The maximum absolute atomic E-state index is 10.7. The number of nitrogens with two attached hydrogens (primary N) is 1. The SMILES string of the molecule is Cc1ccnc2c1ccn2[C@@H]1C[C@H](Oc2cccc3c2[C@@H](N)CC3)[C@@H](O)[C@H]1O. The Bertz CT molecular complexity index is 1030. The molecule has 2 aromatic heterocycles. The summed E-state index contributed by atoms with van der Waals surface area (Å²) in [5.74, 6) is 0.728. The van der Waals surface area contributed by atoms with Gasteiger partial charge in [0.15, 0.2) is 0 Å². The normalized spacial score (nSPS) is 29.4. The molecule has 0 spiro atoms. The van der Waals surface area contributed by atoms with Gasteiger partial charge in [0.05, 0.1) is 6.04 Å². The summed E-state index contributed by atoms with van der Waals surface area (Å²) >= 11 is 0. The average Bonchev–Trinajstić information content (AvgIpc) is 3.36. The maximum Gasteiger partial charge on any atom is 0.140 e. The minimum atomic E-state index is -0.972. The number of benzene rings is 1. The summed E-state index contributed by atoms with van der Waals surface area (Å²) in [4.78, 5) is 4.49. The van der Waals surface area contributed by atoms with Crippen LogP contribution in [0.1, 0.15) is 41.6 Å². The molecule has 1 fully saturated rings. The first kappa shape index (κ1) is 17.7. The highest BCUT2D eigenvalue weighted by Gasteiger charge is 2.44. The zero-order chi connectivity index (χ0) is 19.4. The van der Waals surface area contributed by atoms with Crippen LogP contribution in [0.4, 0.5) is 0 Å². The Hall–Kier alpha value is -2.41. The largest absolute Gasteiger partial charge is 0.487 e. The topological polar surface area (TPSA) is 93.5 Å². The number of nitrogens with zero attached hydrogens (tertiary/aromatic N) is 2. The van der Waals surface area contributed by atoms with Crippen LogP contribution in [0, 0.1) is 6.92 Å². The third-order valence-electron chi connectivity index (χ3n) is 6.32. The molecule has 0 aliphatic heterocycles. The molecule has 0 amide bonds. The lowest BCUT2D eigenvalue weighted by Gasteiger charge is -2.21. The van der Waals surface area contributed by atoms with Crippen LogP contribution >= 0.6 is 0 Å². The number of aliphatic hydroxyl groups excluding tert-OH is 2. The summed E-state index contributed by atoms with van der Waals surface area (Å²) in [5.41, 5.74) is 10.5. The molecule has 2 aliphatic carbocycles. The number of hydrogen-bond acceptors (Lipinski definition) is 5. The molecule has 0 saturated heterocycles. The van der Waals surface area contributed by atoms with Crippen molar-refractivity contribution >= 4 is 11.0 Å². The number of rotatable bonds is 3. The lowest BCUT2D eigenvalue weighted by atomic mass is 10.1. The van der Waals surface area contributed by atoms with Crippen LogP contribution in [0.3, 0.4) is 0 Å². The van der Waals surface area contributed by atoms with Crippen LogP contribution in [0.25, 0.3) is 11.0 Å². The fraction of sp³-hybridized carbons (Fsp3) is 0.409. The molecule has 3 aromatic rings. The molecule has 1 aromatic carbocycles. The number of ether oxygens (including phenoxy) is 1. The molecule has 0 bridgehead atoms. The quantitative estimate of drug-likeness (QED) is 0.650. The maximum atomic E-state index is 10.7. The summed E-state index contributed by atoms with van der Waals surface area (Å²) in [6.45, 7) is 2.04. The van der Waals surface area contributed by atoms with Gasteiger partial charge in [-0.1, -0.05) is 12.1 Å². The van der Waals surface area contributed by atoms with E-state index >= 15 is 0 Å². The standard InChI is InChI=1S/C22H25N3O3/c1-12-7-9-24-22-14(12)8-10-25(22)16-11-18(21(27)20(16)26)28-17-4-2-3-13-5-6-15(23)19(13)17/h2-4,7-10,15-16,18,20-21,26-27H,5-6,11,23H2,1H3/t15-,16+,18-,20-,21+/m0/s1. The van der Waals surface area contributed by atoms with Gasteiger partial charge < -0.3 is 25.3 Å². The molecule has 5 atom stereocenters. The molecule has 146 valence electrons. The second kappa shape index (κ2) is 6.58. The Kier molecular flexibility index (Phi) is 4.16. The highest BCUT2D eigenvalue weighted by atomic mass is 16.5. The van der Waals surface area contributed by atoms with Gasteiger partial charge in [-0.15, -0.1) is 0 Å². The summed E-state index contributed by atoms with van der Waals surface area (Å²) in [6.07, 6.45) is 3.68. The van der Waals surface area contributed by atoms with Crippen LogP contribution in [-0.2, 0) is 6.42 Å². The first-order valence-corrected chi connectivity index (χ1v) is 9.87. The van der Waals surface area contributed by atoms with Gasteiger partial charge in [-0.25, -0.2) is 4.98 Å². The van der Waals surface area contributed by atoms with Gasteiger partial charge in [0.25, 0.3) is 0 Å². The number of aliphatic hydroxyl groups is 2. The van der Waals surface area contributed by atoms with E-state index in [0.29, 0.717) is 6.42 Å². The molecule has 5 rings (SSSR count). The molecule has 2 aliphatic rings. The lowest BCUT2D eigenvalue weighted by Crippen LogP contribution is -2.34. The number of hydrogen-bond donors (Lipinski definition) is 3. The second-order valence-electron chi connectivity index (χ2n) is 8.00. The third-order valence-corrected chi connectivity index (χ3v) is 6.32. The molecular weight excluding hydrogens is 354 g/mol. The molecule has 2 heterocycles. The van der Waals surface area contributed by atoms with Gasteiger partial charge in [-0.05, 0) is 49.1 Å². The zero-order valence-corrected chi connectivity index (χ0v) is 15.8. The van der Waals surface area contributed by atoms with Crippen molar-refractivity contribution in [1.82, 2.24) is 9.55 Å². The van der Waals surface area contributed by atoms with E-state index in [9.17, 15) is 10.2 Å². The van der Waals surface area contributed by atoms with Gasteiger partial charge in [-0.2, -0.15) is 0 Å². The van der Waals surface area contributed by atoms with Crippen molar-refractivity contribution in [2.75, 3.05) is 0 Å². The van der Waals surface area contributed by atoms with E-state index in [0.717, 1.165) is 40.8 Å². The van der Waals surface area contributed by atoms with Gasteiger partial charge in [0.2, 0.25) is 0 Å². The van der Waals surface area contributed by atoms with Crippen LogP contribution in [-0.4, -0.2) is 38.1 Å². The highest BCUT2D eigenvalue weighted by Crippen LogP contribution is 2.40. The Morgan fingerprint density at radius 1 is 1.18 bits per heavy atom. The smallest absolute Gasteiger partial charge is 0.140 e. The monoisotopic (exact) mass is 379 g/mol. The van der Waals surface area contributed by atoms with Crippen LogP contribution < -0.4 is 10.5 Å². The summed E-state index contributed by atoms with van der Waals surface area (Å²) in [7, 11) is 0. The van der Waals surface area contributed by atoms with Crippen molar-refractivity contribution in [2.24, 2.45) is 5.73 Å². The lowest BCUT2D eigenvalue weighted by molar-refractivity contribution is -0.0166. The van der Waals surface area contributed by atoms with Crippen molar-refractivity contribution < 1.29 is 14.9 Å². The first-order chi connectivity index (χ1) is 13.5. The Labute approximate surface area is 163 Å². The number of pyridine rings is 1. The predicted molar refractivity (Wildman–Crippen MR) is 106 cm³/mol. The van der Waals surface area contributed by atoms with E-state index in [-0.39, 0.29) is 12.1 Å². The number of aryl methyl sites for hydroxylation is 2. The first-order valence-electron chi connectivity index (χ1n) is 9.87. The summed E-state index contributed by atoms with van der Waals surface area (Å²) in [6, 6.07) is 9.60. The molecule has 28 heavy (non-hydrogen) atoms. The predicted octanol–water partition coefficient (Wildman–Crippen LogP) is 2.40. The number of aromatic nitrogens is 2. The van der Waals surface area contributed by atoms with Crippen molar-refractivity contribution in [3.63, 3.8) is 0 Å². The summed E-state index contributed by atoms with van der Waals surface area (Å²) < 4.78 is 8.17. The van der Waals surface area contributed by atoms with Crippen LogP contribution in [0.15, 0.2) is 42.7 Å². The molecule has 6 nitrogen and oxygen atoms in total. The average molecular weight is 379 g/mol. The van der Waals surface area contributed by atoms with E-state index < -0.39 is 18.3 Å². The van der Waals surface area contributed by atoms with Gasteiger partial charge in [0.1, 0.15) is 29.7 Å². The van der Waals surface area contributed by atoms with E-state index in [1.54, 1.807) is 6.20 Å². The minimum Gasteiger partial charge on any atom is -0.487 e. The fourth-order valence-corrected chi connectivity index (χ4v) is 4.77. The fourth-order valence-electron chi connectivity index (χ4n) is 4.77. The van der Waals surface area contributed by atoms with Crippen LogP contribution in [0.5, 0.6) is 5.75 Å². The third kappa shape index (κ3) is 2.64. The molecule has 4 N–H and O–H groups in total.